The number of aliphatic hydroxyl groups is 1. The van der Waals surface area contributed by atoms with Crippen molar-refractivity contribution in [1.29, 1.82) is 0 Å². The fourth-order valence-electron chi connectivity index (χ4n) is 2.73. The molecule has 1 fully saturated rings. The van der Waals surface area contributed by atoms with E-state index in [1.165, 1.54) is 44.9 Å². The summed E-state index contributed by atoms with van der Waals surface area (Å²) < 4.78 is 1.97. The fraction of sp³-hybridized carbons (Fsp3) is 0.625. The van der Waals surface area contributed by atoms with Crippen LogP contribution in [-0.4, -0.2) is 26.2 Å². The topological polar surface area (TPSA) is 50.9 Å². The Bertz CT molecular complexity index is 501. The lowest BCUT2D eigenvalue weighted by Gasteiger charge is -2.16. The van der Waals surface area contributed by atoms with E-state index in [0.717, 1.165) is 11.0 Å². The summed E-state index contributed by atoms with van der Waals surface area (Å²) in [5.74, 6) is 0.625. The number of hydrogen-bond acceptors (Lipinski definition) is 3. The predicted octanol–water partition coefficient (Wildman–Crippen LogP) is 3.31. The molecule has 2 aromatic heterocycles. The van der Waals surface area contributed by atoms with Gasteiger partial charge < -0.3 is 9.67 Å². The zero-order chi connectivity index (χ0) is 14.2. The number of aliphatic hydroxyl groups excluding tert-OH is 1. The summed E-state index contributed by atoms with van der Waals surface area (Å²) in [6.45, 7) is 0.417. The Kier molecular flexibility index (Phi) is 5.99. The summed E-state index contributed by atoms with van der Waals surface area (Å²) in [5, 5.41) is 10.00. The molecule has 0 atom stereocenters. The van der Waals surface area contributed by atoms with Crippen molar-refractivity contribution in [3.8, 4) is 0 Å². The van der Waals surface area contributed by atoms with E-state index in [9.17, 15) is 0 Å². The lowest BCUT2D eigenvalue weighted by molar-refractivity contribution is 0.199. The lowest BCUT2D eigenvalue weighted by atomic mass is 9.92. The summed E-state index contributed by atoms with van der Waals surface area (Å²) in [6.07, 6.45) is 14.7. The van der Waals surface area contributed by atoms with Crippen molar-refractivity contribution in [3.63, 3.8) is 0 Å². The third kappa shape index (κ3) is 4.30. The molecule has 0 aromatic carbocycles. The molecule has 0 radical (unpaired) electrons. The van der Waals surface area contributed by atoms with Gasteiger partial charge in [-0.2, -0.15) is 0 Å². The van der Waals surface area contributed by atoms with Crippen molar-refractivity contribution in [2.75, 3.05) is 6.61 Å². The quantitative estimate of drug-likeness (QED) is 0.868. The smallest absolute Gasteiger partial charge is 0.143 e. The number of rotatable bonds is 1. The van der Waals surface area contributed by atoms with Gasteiger partial charge in [-0.25, -0.2) is 9.97 Å². The zero-order valence-corrected chi connectivity index (χ0v) is 12.3. The number of aryl methyl sites for hydroxylation is 1. The van der Waals surface area contributed by atoms with Crippen LogP contribution in [0.4, 0.5) is 0 Å². The third-order valence-electron chi connectivity index (χ3n) is 4.01. The predicted molar refractivity (Wildman–Crippen MR) is 81.4 cm³/mol. The number of aromatic nitrogens is 3. The van der Waals surface area contributed by atoms with Gasteiger partial charge in [-0.05, 0) is 24.8 Å². The van der Waals surface area contributed by atoms with E-state index in [4.69, 9.17) is 5.11 Å². The molecule has 110 valence electrons. The van der Waals surface area contributed by atoms with E-state index < -0.39 is 0 Å². The number of fused-ring (bicyclic) bond motifs is 1. The van der Waals surface area contributed by atoms with Gasteiger partial charge >= 0.3 is 0 Å². The molecule has 0 amide bonds. The molecular weight excluding hydrogens is 250 g/mol. The molecule has 20 heavy (non-hydrogen) atoms. The molecule has 2 aromatic rings. The van der Waals surface area contributed by atoms with Crippen molar-refractivity contribution in [1.82, 2.24) is 14.5 Å². The molecule has 1 aliphatic rings. The highest BCUT2D eigenvalue weighted by Crippen LogP contribution is 2.21. The second kappa shape index (κ2) is 8.00. The van der Waals surface area contributed by atoms with Crippen LogP contribution in [0.1, 0.15) is 44.9 Å². The molecule has 1 saturated carbocycles. The maximum atomic E-state index is 8.91. The van der Waals surface area contributed by atoms with Gasteiger partial charge in [-0.3, -0.25) is 0 Å². The highest BCUT2D eigenvalue weighted by Gasteiger charge is 2.08. The first-order valence-electron chi connectivity index (χ1n) is 7.63. The van der Waals surface area contributed by atoms with Crippen LogP contribution < -0.4 is 0 Å². The molecule has 4 heteroatoms. The van der Waals surface area contributed by atoms with Gasteiger partial charge in [0.2, 0.25) is 0 Å². The molecule has 0 unspecified atom stereocenters. The first-order valence-corrected chi connectivity index (χ1v) is 7.63. The van der Waals surface area contributed by atoms with E-state index in [1.54, 1.807) is 6.33 Å². The van der Waals surface area contributed by atoms with Crippen LogP contribution in [0.5, 0.6) is 0 Å². The minimum atomic E-state index is 0.417. The minimum Gasteiger partial charge on any atom is -0.396 e. The molecule has 2 heterocycles. The number of hydrogen-bond donors (Lipinski definition) is 1. The van der Waals surface area contributed by atoms with Gasteiger partial charge in [-0.15, -0.1) is 0 Å². The van der Waals surface area contributed by atoms with Gasteiger partial charge in [0, 0.05) is 31.4 Å². The van der Waals surface area contributed by atoms with Crippen molar-refractivity contribution >= 4 is 11.0 Å². The second-order valence-electron chi connectivity index (χ2n) is 5.62. The molecule has 3 rings (SSSR count). The van der Waals surface area contributed by atoms with Crippen LogP contribution in [0.2, 0.25) is 0 Å². The normalized spacial score (nSPS) is 17.1. The maximum absolute atomic E-state index is 8.91. The molecule has 0 saturated heterocycles. The Balaban J connectivity index is 0.000000147. The first-order chi connectivity index (χ1) is 9.81. The van der Waals surface area contributed by atoms with Crippen LogP contribution in [-0.2, 0) is 7.05 Å². The van der Waals surface area contributed by atoms with Gasteiger partial charge in [-0.1, -0.05) is 32.1 Å². The highest BCUT2D eigenvalue weighted by atomic mass is 16.3. The van der Waals surface area contributed by atoms with Crippen LogP contribution in [0.25, 0.3) is 11.0 Å². The molecular formula is C16H25N3O. The molecule has 0 bridgehead atoms. The van der Waals surface area contributed by atoms with E-state index in [-0.39, 0.29) is 0 Å². The van der Waals surface area contributed by atoms with Gasteiger partial charge in [0.25, 0.3) is 0 Å². The number of nitrogens with zero attached hydrogens (tertiary/aromatic N) is 3. The van der Waals surface area contributed by atoms with Gasteiger partial charge in [0.15, 0.2) is 0 Å². The summed E-state index contributed by atoms with van der Waals surface area (Å²) in [5.41, 5.74) is 0.981. The Morgan fingerprint density at radius 3 is 2.55 bits per heavy atom. The monoisotopic (exact) mass is 275 g/mol. The average Bonchev–Trinajstić information content (AvgIpc) is 2.82. The second-order valence-corrected chi connectivity index (χ2v) is 5.62. The lowest BCUT2D eigenvalue weighted by Crippen LogP contribution is -2.07. The van der Waals surface area contributed by atoms with Crippen molar-refractivity contribution in [2.45, 2.75) is 44.9 Å². The molecule has 1 aliphatic carbocycles. The fourth-order valence-corrected chi connectivity index (χ4v) is 2.73. The van der Waals surface area contributed by atoms with Crippen LogP contribution >= 0.6 is 0 Å². The zero-order valence-electron chi connectivity index (χ0n) is 12.3. The molecule has 1 N–H and O–H groups in total. The SMILES string of the molecule is Cn1ccc2cncnc21.OCC1CCCCCCC1. The average molecular weight is 275 g/mol. The standard InChI is InChI=1S/C9H18O.C7H7N3/c10-8-9-6-4-2-1-3-5-7-9;1-10-3-2-6-4-8-5-9-7(6)10/h9-10H,1-8H2;2-5H,1H3. The Morgan fingerprint density at radius 2 is 1.90 bits per heavy atom. The molecule has 4 nitrogen and oxygen atoms in total. The van der Waals surface area contributed by atoms with E-state index >= 15 is 0 Å². The molecule has 0 aliphatic heterocycles. The van der Waals surface area contributed by atoms with E-state index in [1.807, 2.05) is 30.1 Å². The summed E-state index contributed by atoms with van der Waals surface area (Å²) in [7, 11) is 1.97. The highest BCUT2D eigenvalue weighted by molar-refractivity contribution is 5.74. The van der Waals surface area contributed by atoms with E-state index in [2.05, 4.69) is 9.97 Å². The Labute approximate surface area is 120 Å². The van der Waals surface area contributed by atoms with Gasteiger partial charge in [0.05, 0.1) is 0 Å². The maximum Gasteiger partial charge on any atom is 0.143 e. The molecule has 0 spiro atoms. The third-order valence-corrected chi connectivity index (χ3v) is 4.01. The van der Waals surface area contributed by atoms with Gasteiger partial charge in [0.1, 0.15) is 12.0 Å². The van der Waals surface area contributed by atoms with Crippen LogP contribution in [0, 0.1) is 5.92 Å². The first kappa shape index (κ1) is 15.0. The largest absolute Gasteiger partial charge is 0.396 e. The summed E-state index contributed by atoms with van der Waals surface area (Å²) >= 11 is 0. The van der Waals surface area contributed by atoms with Crippen LogP contribution in [0.3, 0.4) is 0 Å². The Morgan fingerprint density at radius 1 is 1.20 bits per heavy atom. The summed E-state index contributed by atoms with van der Waals surface area (Å²) in [4.78, 5) is 7.99. The summed E-state index contributed by atoms with van der Waals surface area (Å²) in [6, 6.07) is 2.00. The van der Waals surface area contributed by atoms with Crippen molar-refractivity contribution in [2.24, 2.45) is 13.0 Å². The van der Waals surface area contributed by atoms with Crippen LogP contribution in [0.15, 0.2) is 24.8 Å². The van der Waals surface area contributed by atoms with Crippen molar-refractivity contribution in [3.05, 3.63) is 24.8 Å². The Hall–Kier alpha value is -1.42. The van der Waals surface area contributed by atoms with Crippen molar-refractivity contribution < 1.29 is 5.11 Å². The minimum absolute atomic E-state index is 0.417. The van der Waals surface area contributed by atoms with E-state index in [0.29, 0.717) is 12.5 Å².